The second-order valence-corrected chi connectivity index (χ2v) is 7.02. The number of nitrogens with zero attached hydrogens (tertiary/aromatic N) is 5. The lowest BCUT2D eigenvalue weighted by molar-refractivity contribution is 0.373. The van der Waals surface area contributed by atoms with Gasteiger partial charge in [0.25, 0.3) is 0 Å². The first-order valence-electron chi connectivity index (χ1n) is 8.51. The monoisotopic (exact) mass is 309 g/mol. The highest BCUT2D eigenvalue weighted by Gasteiger charge is 2.43. The summed E-state index contributed by atoms with van der Waals surface area (Å²) in [5.41, 5.74) is 3.24. The topological polar surface area (TPSA) is 54.8 Å². The zero-order valence-corrected chi connectivity index (χ0v) is 13.8. The Hall–Kier alpha value is -2.04. The van der Waals surface area contributed by atoms with Crippen LogP contribution in [0.1, 0.15) is 29.9 Å². The quantitative estimate of drug-likeness (QED) is 0.872. The van der Waals surface area contributed by atoms with E-state index in [-0.39, 0.29) is 0 Å². The van der Waals surface area contributed by atoms with E-state index in [0.29, 0.717) is 5.92 Å². The number of fused-ring (bicyclic) bond motifs is 1. The number of hydrogen-bond donors (Lipinski definition) is 0. The zero-order chi connectivity index (χ0) is 15.8. The first-order chi connectivity index (χ1) is 11.2. The minimum atomic E-state index is 0.715. The third kappa shape index (κ3) is 2.92. The van der Waals surface area contributed by atoms with Crippen LogP contribution in [-0.2, 0) is 6.42 Å². The molecule has 0 N–H and O–H groups in total. The summed E-state index contributed by atoms with van der Waals surface area (Å²) in [4.78, 5) is 20.3. The highest BCUT2D eigenvalue weighted by molar-refractivity contribution is 5.35. The third-order valence-electron chi connectivity index (χ3n) is 5.35. The van der Waals surface area contributed by atoms with Crippen molar-refractivity contribution in [3.8, 4) is 0 Å². The Morgan fingerprint density at radius 3 is 2.65 bits per heavy atom. The standard InChI is InChI=1S/C18H23N5/c1-12-7-13(2)22-18(21-12)23-10-15-4-3-14(17(15)11-23)8-16-9-19-5-6-20-16/h5-7,9,14-15,17H,3-4,8,10-11H2,1-2H3/t14-,15-,17-/m1/s1. The predicted octanol–water partition coefficient (Wildman–Crippen LogP) is 2.59. The molecule has 5 heteroatoms. The maximum Gasteiger partial charge on any atom is 0.225 e. The van der Waals surface area contributed by atoms with E-state index in [0.717, 1.165) is 54.4 Å². The van der Waals surface area contributed by atoms with E-state index in [9.17, 15) is 0 Å². The van der Waals surface area contributed by atoms with E-state index in [1.165, 1.54) is 12.8 Å². The van der Waals surface area contributed by atoms with Gasteiger partial charge in [-0.3, -0.25) is 9.97 Å². The fourth-order valence-corrected chi connectivity index (χ4v) is 4.35. The molecule has 0 radical (unpaired) electrons. The summed E-state index contributed by atoms with van der Waals surface area (Å²) in [5.74, 6) is 3.14. The average Bonchev–Trinajstić information content (AvgIpc) is 3.09. The molecule has 3 atom stereocenters. The Kier molecular flexibility index (Phi) is 3.71. The molecular weight excluding hydrogens is 286 g/mol. The molecule has 2 aromatic rings. The summed E-state index contributed by atoms with van der Waals surface area (Å²) in [6.07, 6.45) is 9.13. The van der Waals surface area contributed by atoms with Crippen molar-refractivity contribution in [3.05, 3.63) is 41.7 Å². The fourth-order valence-electron chi connectivity index (χ4n) is 4.35. The van der Waals surface area contributed by atoms with Crippen molar-refractivity contribution in [3.63, 3.8) is 0 Å². The van der Waals surface area contributed by atoms with Crippen LogP contribution in [-0.4, -0.2) is 33.0 Å². The second kappa shape index (κ2) is 5.87. The highest BCUT2D eigenvalue weighted by Crippen LogP contribution is 2.44. The van der Waals surface area contributed by atoms with Gasteiger partial charge in [-0.25, -0.2) is 9.97 Å². The van der Waals surface area contributed by atoms with Crippen LogP contribution >= 0.6 is 0 Å². The van der Waals surface area contributed by atoms with E-state index in [1.54, 1.807) is 12.4 Å². The molecule has 3 heterocycles. The third-order valence-corrected chi connectivity index (χ3v) is 5.35. The van der Waals surface area contributed by atoms with E-state index >= 15 is 0 Å². The maximum absolute atomic E-state index is 4.64. The predicted molar refractivity (Wildman–Crippen MR) is 89.2 cm³/mol. The Balaban J connectivity index is 1.49. The molecule has 2 aliphatic rings. The lowest BCUT2D eigenvalue weighted by Gasteiger charge is -2.21. The molecule has 1 aliphatic carbocycles. The van der Waals surface area contributed by atoms with Gasteiger partial charge in [-0.15, -0.1) is 0 Å². The molecule has 1 aliphatic heterocycles. The van der Waals surface area contributed by atoms with Gasteiger partial charge in [-0.2, -0.15) is 0 Å². The summed E-state index contributed by atoms with van der Waals surface area (Å²) in [5, 5.41) is 0. The molecule has 5 nitrogen and oxygen atoms in total. The smallest absolute Gasteiger partial charge is 0.225 e. The Morgan fingerprint density at radius 2 is 1.91 bits per heavy atom. The van der Waals surface area contributed by atoms with Gasteiger partial charge in [0.05, 0.1) is 5.69 Å². The van der Waals surface area contributed by atoms with Crippen molar-refractivity contribution in [2.45, 2.75) is 33.1 Å². The van der Waals surface area contributed by atoms with Crippen LogP contribution in [0.3, 0.4) is 0 Å². The molecule has 0 spiro atoms. The summed E-state index contributed by atoms with van der Waals surface area (Å²) in [7, 11) is 0. The van der Waals surface area contributed by atoms with Crippen molar-refractivity contribution in [1.82, 2.24) is 19.9 Å². The lowest BCUT2D eigenvalue weighted by Crippen LogP contribution is -2.25. The zero-order valence-electron chi connectivity index (χ0n) is 13.8. The van der Waals surface area contributed by atoms with Crippen molar-refractivity contribution in [2.75, 3.05) is 18.0 Å². The molecule has 23 heavy (non-hydrogen) atoms. The molecule has 0 aromatic carbocycles. The molecule has 0 bridgehead atoms. The SMILES string of the molecule is Cc1cc(C)nc(N2C[C@H]3CC[C@H](Cc4cnccn4)[C@H]3C2)n1. The second-order valence-electron chi connectivity index (χ2n) is 7.02. The molecule has 1 saturated heterocycles. The number of hydrogen-bond acceptors (Lipinski definition) is 5. The lowest BCUT2D eigenvalue weighted by atomic mass is 9.89. The Labute approximate surface area is 137 Å². The molecule has 2 aromatic heterocycles. The first-order valence-corrected chi connectivity index (χ1v) is 8.51. The van der Waals surface area contributed by atoms with Gasteiger partial charge >= 0.3 is 0 Å². The molecule has 1 saturated carbocycles. The first kappa shape index (κ1) is 14.5. The number of aryl methyl sites for hydroxylation is 2. The van der Waals surface area contributed by atoms with Crippen LogP contribution < -0.4 is 4.90 Å². The van der Waals surface area contributed by atoms with E-state index in [2.05, 4.69) is 24.8 Å². The van der Waals surface area contributed by atoms with E-state index in [4.69, 9.17) is 0 Å². The molecule has 0 unspecified atom stereocenters. The maximum atomic E-state index is 4.64. The number of anilines is 1. The minimum absolute atomic E-state index is 0.715. The van der Waals surface area contributed by atoms with Crippen LogP contribution in [0.5, 0.6) is 0 Å². The molecule has 0 amide bonds. The van der Waals surface area contributed by atoms with Gasteiger partial charge in [0, 0.05) is 43.1 Å². The van der Waals surface area contributed by atoms with Gasteiger partial charge < -0.3 is 4.90 Å². The fraction of sp³-hybridized carbons (Fsp3) is 0.556. The molecule has 120 valence electrons. The van der Waals surface area contributed by atoms with Crippen LogP contribution in [0.2, 0.25) is 0 Å². The van der Waals surface area contributed by atoms with E-state index < -0.39 is 0 Å². The summed E-state index contributed by atoms with van der Waals surface area (Å²) in [6.45, 7) is 6.28. The van der Waals surface area contributed by atoms with Crippen molar-refractivity contribution in [2.24, 2.45) is 17.8 Å². The Bertz CT molecular complexity index is 667. The van der Waals surface area contributed by atoms with Crippen molar-refractivity contribution in [1.29, 1.82) is 0 Å². The normalized spacial score (nSPS) is 26.5. The molecule has 2 fully saturated rings. The van der Waals surface area contributed by atoms with E-state index in [1.807, 2.05) is 26.1 Å². The summed E-state index contributed by atoms with van der Waals surface area (Å²) < 4.78 is 0. The van der Waals surface area contributed by atoms with Crippen molar-refractivity contribution < 1.29 is 0 Å². The van der Waals surface area contributed by atoms with Gasteiger partial charge in [-0.05, 0) is 56.9 Å². The number of rotatable bonds is 3. The van der Waals surface area contributed by atoms with Crippen LogP contribution in [0.25, 0.3) is 0 Å². The summed E-state index contributed by atoms with van der Waals surface area (Å²) >= 11 is 0. The average molecular weight is 309 g/mol. The molecule has 4 rings (SSSR count). The van der Waals surface area contributed by atoms with Gasteiger partial charge in [-0.1, -0.05) is 0 Å². The largest absolute Gasteiger partial charge is 0.340 e. The Morgan fingerprint density at radius 1 is 1.09 bits per heavy atom. The molecular formula is C18H23N5. The van der Waals surface area contributed by atoms with Crippen LogP contribution in [0.15, 0.2) is 24.7 Å². The van der Waals surface area contributed by atoms with Gasteiger partial charge in [0.15, 0.2) is 0 Å². The van der Waals surface area contributed by atoms with Crippen LogP contribution in [0, 0.1) is 31.6 Å². The van der Waals surface area contributed by atoms with Gasteiger partial charge in [0.2, 0.25) is 5.95 Å². The highest BCUT2D eigenvalue weighted by atomic mass is 15.3. The van der Waals surface area contributed by atoms with Crippen molar-refractivity contribution >= 4 is 5.95 Å². The van der Waals surface area contributed by atoms with Gasteiger partial charge in [0.1, 0.15) is 0 Å². The van der Waals surface area contributed by atoms with Crippen LogP contribution in [0.4, 0.5) is 5.95 Å². The summed E-state index contributed by atoms with van der Waals surface area (Å²) in [6, 6.07) is 2.04. The minimum Gasteiger partial charge on any atom is -0.340 e. The number of aromatic nitrogens is 4.